The molecule has 0 radical (unpaired) electrons. The maximum atomic E-state index is 8.37. The van der Waals surface area contributed by atoms with Crippen molar-refractivity contribution in [3.05, 3.63) is 0 Å². The Kier molecular flexibility index (Phi) is 5.37. The van der Waals surface area contributed by atoms with Crippen LogP contribution in [-0.2, 0) is 0 Å². The summed E-state index contributed by atoms with van der Waals surface area (Å²) in [6.07, 6.45) is 7.09. The molecule has 1 aliphatic rings. The van der Waals surface area contributed by atoms with E-state index in [0.717, 1.165) is 13.0 Å². The smallest absolute Gasteiger partial charge is 0.139 e. The number of amidine groups is 1. The molecule has 0 spiro atoms. The Bertz CT molecular complexity index is 174. The zero-order chi connectivity index (χ0) is 10.2. The maximum Gasteiger partial charge on any atom is 0.139 e. The number of hydrogen-bond donors (Lipinski definition) is 2. The molecule has 0 atom stereocenters. The molecule has 0 unspecified atom stereocenters. The van der Waals surface area contributed by atoms with Gasteiger partial charge in [-0.05, 0) is 38.9 Å². The summed E-state index contributed by atoms with van der Waals surface area (Å²) in [5.41, 5.74) is 5.40. The fraction of sp³-hybridized carbons (Fsp3) is 0.900. The van der Waals surface area contributed by atoms with Crippen molar-refractivity contribution in [2.24, 2.45) is 10.9 Å². The predicted molar refractivity (Wildman–Crippen MR) is 57.6 cm³/mol. The molecule has 14 heavy (non-hydrogen) atoms. The largest absolute Gasteiger partial charge is 0.409 e. The Hall–Kier alpha value is -0.770. The van der Waals surface area contributed by atoms with Crippen LogP contribution >= 0.6 is 0 Å². The quantitative estimate of drug-likeness (QED) is 0.311. The molecule has 4 heteroatoms. The van der Waals surface area contributed by atoms with Gasteiger partial charge < -0.3 is 15.8 Å². The van der Waals surface area contributed by atoms with Gasteiger partial charge in [-0.3, -0.25) is 0 Å². The summed E-state index contributed by atoms with van der Waals surface area (Å²) in [6.45, 7) is 3.52. The van der Waals surface area contributed by atoms with Gasteiger partial charge in [0, 0.05) is 6.42 Å². The van der Waals surface area contributed by atoms with Gasteiger partial charge >= 0.3 is 0 Å². The van der Waals surface area contributed by atoms with E-state index in [1.165, 1.54) is 38.8 Å². The minimum Gasteiger partial charge on any atom is -0.409 e. The third kappa shape index (κ3) is 4.46. The van der Waals surface area contributed by atoms with Gasteiger partial charge in [0.15, 0.2) is 0 Å². The van der Waals surface area contributed by atoms with E-state index in [2.05, 4.69) is 10.1 Å². The minimum absolute atomic E-state index is 0.347. The molecule has 4 nitrogen and oxygen atoms in total. The Morgan fingerprint density at radius 1 is 1.21 bits per heavy atom. The minimum atomic E-state index is 0.347. The highest BCUT2D eigenvalue weighted by atomic mass is 16.4. The van der Waals surface area contributed by atoms with Gasteiger partial charge in [0.1, 0.15) is 5.84 Å². The normalized spacial score (nSPS) is 20.7. The Morgan fingerprint density at radius 2 is 1.86 bits per heavy atom. The first-order valence-corrected chi connectivity index (χ1v) is 5.51. The lowest BCUT2D eigenvalue weighted by molar-refractivity contribution is 0.281. The molecule has 0 aliphatic carbocycles. The highest BCUT2D eigenvalue weighted by Gasteiger charge is 2.08. The third-order valence-corrected chi connectivity index (χ3v) is 2.73. The molecule has 0 aromatic carbocycles. The topological polar surface area (TPSA) is 61.8 Å². The first-order valence-electron chi connectivity index (χ1n) is 5.51. The van der Waals surface area contributed by atoms with E-state index in [0.29, 0.717) is 12.3 Å². The van der Waals surface area contributed by atoms with E-state index in [4.69, 9.17) is 10.9 Å². The standard InChI is InChI=1S/C10H21N3O/c11-10(12-14)6-5-9-13-7-3-1-2-4-8-13/h14H,1-9H2,(H2,11,12). The molecule has 1 heterocycles. The molecule has 0 aromatic heterocycles. The van der Waals surface area contributed by atoms with E-state index < -0.39 is 0 Å². The first-order chi connectivity index (χ1) is 6.83. The second kappa shape index (κ2) is 6.65. The Balaban J connectivity index is 2.10. The van der Waals surface area contributed by atoms with Crippen LogP contribution in [0.2, 0.25) is 0 Å². The van der Waals surface area contributed by atoms with Crippen molar-refractivity contribution < 1.29 is 5.21 Å². The monoisotopic (exact) mass is 199 g/mol. The van der Waals surface area contributed by atoms with Crippen molar-refractivity contribution in [3.63, 3.8) is 0 Å². The molecular formula is C10H21N3O. The second-order valence-corrected chi connectivity index (χ2v) is 3.95. The third-order valence-electron chi connectivity index (χ3n) is 2.73. The molecule has 0 aromatic rings. The van der Waals surface area contributed by atoms with Crippen LogP contribution in [-0.4, -0.2) is 35.6 Å². The molecule has 1 aliphatic heterocycles. The van der Waals surface area contributed by atoms with Crippen LogP contribution in [0.15, 0.2) is 5.16 Å². The second-order valence-electron chi connectivity index (χ2n) is 3.95. The fourth-order valence-corrected chi connectivity index (χ4v) is 1.89. The van der Waals surface area contributed by atoms with Crippen molar-refractivity contribution in [2.45, 2.75) is 38.5 Å². The number of hydrogen-bond acceptors (Lipinski definition) is 3. The lowest BCUT2D eigenvalue weighted by Gasteiger charge is -2.19. The molecule has 0 amide bonds. The Morgan fingerprint density at radius 3 is 2.43 bits per heavy atom. The van der Waals surface area contributed by atoms with E-state index >= 15 is 0 Å². The van der Waals surface area contributed by atoms with Crippen LogP contribution in [0.5, 0.6) is 0 Å². The lowest BCUT2D eigenvalue weighted by atomic mass is 10.2. The van der Waals surface area contributed by atoms with Crippen LogP contribution in [0, 0.1) is 0 Å². The summed E-state index contributed by atoms with van der Waals surface area (Å²) in [5.74, 6) is 0.347. The molecule has 1 saturated heterocycles. The van der Waals surface area contributed by atoms with Gasteiger partial charge in [-0.25, -0.2) is 0 Å². The van der Waals surface area contributed by atoms with Gasteiger partial charge in [-0.2, -0.15) is 0 Å². The first kappa shape index (κ1) is 11.3. The molecule has 82 valence electrons. The van der Waals surface area contributed by atoms with Crippen molar-refractivity contribution in [3.8, 4) is 0 Å². The highest BCUT2D eigenvalue weighted by Crippen LogP contribution is 2.10. The predicted octanol–water partition coefficient (Wildman–Crippen LogP) is 1.39. The molecular weight excluding hydrogens is 178 g/mol. The number of oxime groups is 1. The van der Waals surface area contributed by atoms with Gasteiger partial charge in [0.2, 0.25) is 0 Å². The van der Waals surface area contributed by atoms with Gasteiger partial charge in [-0.1, -0.05) is 18.0 Å². The highest BCUT2D eigenvalue weighted by molar-refractivity contribution is 5.79. The van der Waals surface area contributed by atoms with Crippen LogP contribution in [0.1, 0.15) is 38.5 Å². The lowest BCUT2D eigenvalue weighted by Crippen LogP contribution is -2.26. The molecule has 0 saturated carbocycles. The number of nitrogens with two attached hydrogens (primary N) is 1. The van der Waals surface area contributed by atoms with Crippen molar-refractivity contribution >= 4 is 5.84 Å². The van der Waals surface area contributed by atoms with Gasteiger partial charge in [-0.15, -0.1) is 0 Å². The van der Waals surface area contributed by atoms with Crippen LogP contribution in [0.4, 0.5) is 0 Å². The summed E-state index contributed by atoms with van der Waals surface area (Å²) >= 11 is 0. The summed E-state index contributed by atoms with van der Waals surface area (Å²) < 4.78 is 0. The van der Waals surface area contributed by atoms with Gasteiger partial charge in [0.05, 0.1) is 0 Å². The summed E-state index contributed by atoms with van der Waals surface area (Å²) in [7, 11) is 0. The van der Waals surface area contributed by atoms with E-state index in [9.17, 15) is 0 Å². The van der Waals surface area contributed by atoms with E-state index in [-0.39, 0.29) is 0 Å². The van der Waals surface area contributed by atoms with Gasteiger partial charge in [0.25, 0.3) is 0 Å². The zero-order valence-electron chi connectivity index (χ0n) is 8.78. The number of likely N-dealkylation sites (tertiary alicyclic amines) is 1. The molecule has 3 N–H and O–H groups in total. The summed E-state index contributed by atoms with van der Waals surface area (Å²) in [4.78, 5) is 2.48. The Labute approximate surface area is 85.8 Å². The van der Waals surface area contributed by atoms with Crippen molar-refractivity contribution in [2.75, 3.05) is 19.6 Å². The van der Waals surface area contributed by atoms with E-state index in [1.54, 1.807) is 0 Å². The molecule has 0 bridgehead atoms. The average molecular weight is 199 g/mol. The van der Waals surface area contributed by atoms with E-state index in [1.807, 2.05) is 0 Å². The number of nitrogens with zero attached hydrogens (tertiary/aromatic N) is 2. The molecule has 1 rings (SSSR count). The summed E-state index contributed by atoms with van der Waals surface area (Å²) in [5, 5.41) is 11.3. The van der Waals surface area contributed by atoms with Crippen LogP contribution in [0.3, 0.4) is 0 Å². The maximum absolute atomic E-state index is 8.37. The molecule has 1 fully saturated rings. The SMILES string of the molecule is N/C(CCCN1CCCCCC1)=N\O. The summed E-state index contributed by atoms with van der Waals surface area (Å²) in [6, 6.07) is 0. The number of rotatable bonds is 4. The van der Waals surface area contributed by atoms with Crippen LogP contribution in [0.25, 0.3) is 0 Å². The van der Waals surface area contributed by atoms with Crippen molar-refractivity contribution in [1.82, 2.24) is 4.90 Å². The van der Waals surface area contributed by atoms with Crippen LogP contribution < -0.4 is 5.73 Å². The zero-order valence-corrected chi connectivity index (χ0v) is 8.78. The fourth-order valence-electron chi connectivity index (χ4n) is 1.89. The van der Waals surface area contributed by atoms with Crippen molar-refractivity contribution in [1.29, 1.82) is 0 Å². The average Bonchev–Trinajstić information content (AvgIpc) is 2.46.